The van der Waals surface area contributed by atoms with Gasteiger partial charge >= 0.3 is 11.9 Å². The van der Waals surface area contributed by atoms with E-state index in [2.05, 4.69) is 14.5 Å². The minimum Gasteiger partial charge on any atom is -0.463 e. The van der Waals surface area contributed by atoms with E-state index in [4.69, 9.17) is 10.5 Å². The Bertz CT molecular complexity index is 441. The lowest BCUT2D eigenvalue weighted by molar-refractivity contribution is -0.250. The van der Waals surface area contributed by atoms with Gasteiger partial charge in [0.2, 0.25) is 0 Å². The van der Waals surface area contributed by atoms with Gasteiger partial charge in [0, 0.05) is 18.2 Å². The van der Waals surface area contributed by atoms with Crippen LogP contribution in [0.1, 0.15) is 20.3 Å². The highest BCUT2D eigenvalue weighted by molar-refractivity contribution is 5.88. The summed E-state index contributed by atoms with van der Waals surface area (Å²) < 4.78 is 4.47. The Hall–Kier alpha value is -2.64. The molecule has 0 aromatic carbocycles. The molecule has 0 bridgehead atoms. The normalized spacial score (nSPS) is 9.75. The van der Waals surface area contributed by atoms with Gasteiger partial charge in [0.15, 0.2) is 0 Å². The fourth-order valence-electron chi connectivity index (χ4n) is 0.808. The maximum atomic E-state index is 10.8. The molecule has 0 heterocycles. The second kappa shape index (κ2) is 14.4. The van der Waals surface area contributed by atoms with E-state index in [0.717, 1.165) is 18.2 Å². The van der Waals surface area contributed by atoms with E-state index in [-0.39, 0.29) is 0 Å². The fraction of sp³-hybridized carbons (Fsp3) is 0.385. The summed E-state index contributed by atoms with van der Waals surface area (Å²) in [6.45, 7) is 3.80. The number of nitriles is 2. The second-order valence-electron chi connectivity index (χ2n) is 2.90. The van der Waals surface area contributed by atoms with Crippen LogP contribution >= 0.6 is 0 Å². The summed E-state index contributed by atoms with van der Waals surface area (Å²) in [5.41, 5.74) is 0.300. The molecule has 0 saturated heterocycles. The molecule has 0 aliphatic heterocycles. The molecule has 0 amide bonds. The summed E-state index contributed by atoms with van der Waals surface area (Å²) in [6, 6.07) is 3.42. The largest absolute Gasteiger partial charge is 0.463 e. The lowest BCUT2D eigenvalue weighted by Gasteiger charge is -1.98. The maximum Gasteiger partial charge on any atom is 0.369 e. The predicted molar refractivity (Wildman–Crippen MR) is 68.5 cm³/mol. The molecule has 0 aliphatic rings. The quantitative estimate of drug-likeness (QED) is 0.247. The number of hydrogen-bond donors (Lipinski definition) is 0. The van der Waals surface area contributed by atoms with E-state index >= 15 is 0 Å². The van der Waals surface area contributed by atoms with Crippen LogP contribution in [0.5, 0.6) is 0 Å². The molecule has 0 saturated carbocycles. The Balaban J connectivity index is 0. The van der Waals surface area contributed by atoms with Gasteiger partial charge < -0.3 is 4.74 Å². The molecule has 0 aromatic rings. The number of hydrogen-bond acceptors (Lipinski definition) is 7. The third-order valence-electron chi connectivity index (χ3n) is 1.62. The molecule has 0 aromatic heterocycles. The average molecular weight is 280 g/mol. The SMILES string of the molecule is CCC(=CC#N)C(=O)OOC.CCOC(=O)C=CC#N. The van der Waals surface area contributed by atoms with E-state index in [1.54, 1.807) is 26.0 Å². The summed E-state index contributed by atoms with van der Waals surface area (Å²) >= 11 is 0. The summed E-state index contributed by atoms with van der Waals surface area (Å²) in [5, 5.41) is 16.1. The van der Waals surface area contributed by atoms with Crippen LogP contribution < -0.4 is 0 Å². The van der Waals surface area contributed by atoms with Crippen LogP contribution in [0.2, 0.25) is 0 Å². The van der Waals surface area contributed by atoms with E-state index in [9.17, 15) is 9.59 Å². The Morgan fingerprint density at radius 1 is 1.20 bits per heavy atom. The molecule has 108 valence electrons. The number of carbonyl (C=O) groups excluding carboxylic acids is 2. The van der Waals surface area contributed by atoms with E-state index in [1.807, 2.05) is 0 Å². The van der Waals surface area contributed by atoms with Crippen molar-refractivity contribution in [3.8, 4) is 12.1 Å². The van der Waals surface area contributed by atoms with Crippen molar-refractivity contribution in [2.45, 2.75) is 20.3 Å². The average Bonchev–Trinajstić information content (AvgIpc) is 2.43. The standard InChI is InChI=1S/C7H9NO3.C6H7NO2/c1-3-6(4-5-8)7(9)11-10-2;1-2-9-6(8)4-3-5-7/h4H,3H2,1-2H3;3-4H,2H2,1H3. The van der Waals surface area contributed by atoms with Crippen molar-refractivity contribution in [1.29, 1.82) is 10.5 Å². The van der Waals surface area contributed by atoms with Gasteiger partial charge in [-0.25, -0.2) is 9.59 Å². The van der Waals surface area contributed by atoms with Gasteiger partial charge in [0.05, 0.1) is 31.4 Å². The van der Waals surface area contributed by atoms with Crippen molar-refractivity contribution in [2.75, 3.05) is 13.7 Å². The molecule has 0 rings (SSSR count). The number of esters is 1. The van der Waals surface area contributed by atoms with E-state index < -0.39 is 11.9 Å². The summed E-state index contributed by atoms with van der Waals surface area (Å²) in [4.78, 5) is 29.5. The highest BCUT2D eigenvalue weighted by Gasteiger charge is 2.08. The minimum atomic E-state index is -0.614. The van der Waals surface area contributed by atoms with Crippen molar-refractivity contribution in [3.05, 3.63) is 23.8 Å². The molecule has 7 heteroatoms. The van der Waals surface area contributed by atoms with Gasteiger partial charge in [-0.2, -0.15) is 15.4 Å². The van der Waals surface area contributed by atoms with Gasteiger partial charge in [-0.1, -0.05) is 6.92 Å². The summed E-state index contributed by atoms with van der Waals surface area (Å²) in [7, 11) is 1.23. The summed E-state index contributed by atoms with van der Waals surface area (Å²) in [5.74, 6) is -1.09. The summed E-state index contributed by atoms with van der Waals surface area (Å²) in [6.07, 6.45) is 3.76. The van der Waals surface area contributed by atoms with Crippen molar-refractivity contribution < 1.29 is 24.1 Å². The third kappa shape index (κ3) is 11.8. The molecule has 20 heavy (non-hydrogen) atoms. The Kier molecular flexibility index (Phi) is 14.2. The molecule has 0 fully saturated rings. The van der Waals surface area contributed by atoms with Crippen LogP contribution in [-0.4, -0.2) is 25.7 Å². The minimum absolute atomic E-state index is 0.300. The molecule has 0 aliphatic carbocycles. The number of rotatable bonds is 5. The molecular weight excluding hydrogens is 264 g/mol. The first-order chi connectivity index (χ1) is 9.56. The zero-order chi connectivity index (χ0) is 15.8. The van der Waals surface area contributed by atoms with Gasteiger partial charge in [-0.15, -0.1) is 0 Å². The van der Waals surface area contributed by atoms with Gasteiger partial charge in [-0.05, 0) is 13.3 Å². The van der Waals surface area contributed by atoms with Crippen LogP contribution in [0, 0.1) is 22.7 Å². The fourth-order valence-corrected chi connectivity index (χ4v) is 0.808. The number of allylic oxidation sites excluding steroid dienone is 2. The predicted octanol–water partition coefficient (Wildman–Crippen LogP) is 1.58. The van der Waals surface area contributed by atoms with Gasteiger partial charge in [0.25, 0.3) is 0 Å². The van der Waals surface area contributed by atoms with Gasteiger partial charge in [-0.3, -0.25) is 4.89 Å². The third-order valence-corrected chi connectivity index (χ3v) is 1.62. The first-order valence-electron chi connectivity index (χ1n) is 5.63. The highest BCUT2D eigenvalue weighted by Crippen LogP contribution is 2.02. The Morgan fingerprint density at radius 3 is 2.25 bits per heavy atom. The van der Waals surface area contributed by atoms with E-state index in [1.165, 1.54) is 7.11 Å². The maximum absolute atomic E-state index is 10.8. The smallest absolute Gasteiger partial charge is 0.369 e. The molecule has 0 atom stereocenters. The van der Waals surface area contributed by atoms with Crippen LogP contribution in [-0.2, 0) is 24.1 Å². The van der Waals surface area contributed by atoms with E-state index in [0.29, 0.717) is 18.6 Å². The first kappa shape index (κ1) is 19.7. The Labute approximate surface area is 117 Å². The lowest BCUT2D eigenvalue weighted by atomic mass is 10.2. The molecule has 0 unspecified atom stereocenters. The monoisotopic (exact) mass is 280 g/mol. The second-order valence-corrected chi connectivity index (χ2v) is 2.90. The zero-order valence-corrected chi connectivity index (χ0v) is 11.6. The first-order valence-corrected chi connectivity index (χ1v) is 5.63. The van der Waals surface area contributed by atoms with Crippen molar-refractivity contribution >= 4 is 11.9 Å². The number of ether oxygens (including phenoxy) is 1. The molecule has 0 radical (unpaired) electrons. The molecule has 0 N–H and O–H groups in total. The molecule has 0 spiro atoms. The van der Waals surface area contributed by atoms with Crippen LogP contribution in [0.3, 0.4) is 0 Å². The molecule has 7 nitrogen and oxygen atoms in total. The topological polar surface area (TPSA) is 109 Å². The highest BCUT2D eigenvalue weighted by atomic mass is 17.2. The van der Waals surface area contributed by atoms with Gasteiger partial charge in [0.1, 0.15) is 0 Å². The van der Waals surface area contributed by atoms with Crippen molar-refractivity contribution in [1.82, 2.24) is 0 Å². The van der Waals surface area contributed by atoms with Crippen LogP contribution in [0.25, 0.3) is 0 Å². The van der Waals surface area contributed by atoms with Crippen LogP contribution in [0.4, 0.5) is 0 Å². The van der Waals surface area contributed by atoms with Crippen molar-refractivity contribution in [3.63, 3.8) is 0 Å². The Morgan fingerprint density at radius 2 is 1.85 bits per heavy atom. The van der Waals surface area contributed by atoms with Crippen LogP contribution in [0.15, 0.2) is 23.8 Å². The number of carbonyl (C=O) groups is 2. The number of nitrogens with zero attached hydrogens (tertiary/aromatic N) is 2. The zero-order valence-electron chi connectivity index (χ0n) is 11.6. The van der Waals surface area contributed by atoms with Crippen molar-refractivity contribution in [2.24, 2.45) is 0 Å². The lowest BCUT2D eigenvalue weighted by Crippen LogP contribution is -2.06. The molecular formula is C13H16N2O5.